The predicted octanol–water partition coefficient (Wildman–Crippen LogP) is 0.869. The predicted molar refractivity (Wildman–Crippen MR) is 48.1 cm³/mol. The van der Waals surface area contributed by atoms with E-state index >= 15 is 0 Å². The third kappa shape index (κ3) is 1.71. The van der Waals surface area contributed by atoms with Crippen LogP contribution in [0.4, 0.5) is 0 Å². The van der Waals surface area contributed by atoms with E-state index < -0.39 is 0 Å². The Kier molecular flexibility index (Phi) is 2.39. The molecule has 1 N–H and O–H groups in total. The van der Waals surface area contributed by atoms with Crippen LogP contribution in [-0.2, 0) is 4.74 Å². The van der Waals surface area contributed by atoms with Gasteiger partial charge in [-0.15, -0.1) is 0 Å². The molecule has 2 fully saturated rings. The van der Waals surface area contributed by atoms with Crippen LogP contribution in [0.25, 0.3) is 0 Å². The first kappa shape index (κ1) is 7.90. The lowest BCUT2D eigenvalue weighted by molar-refractivity contribution is 0.0812. The first-order valence-corrected chi connectivity index (χ1v) is 5.27. The summed E-state index contributed by atoms with van der Waals surface area (Å²) in [5, 5.41) is 5.05. The van der Waals surface area contributed by atoms with Gasteiger partial charge in [0.15, 0.2) is 0 Å². The number of thioether (sulfide) groups is 1. The van der Waals surface area contributed by atoms with Crippen LogP contribution in [-0.4, -0.2) is 36.3 Å². The van der Waals surface area contributed by atoms with Crippen molar-refractivity contribution >= 4 is 11.8 Å². The Morgan fingerprint density at radius 2 is 2.45 bits per heavy atom. The summed E-state index contributed by atoms with van der Waals surface area (Å²) in [5.74, 6) is 0. The van der Waals surface area contributed by atoms with Gasteiger partial charge in [0.2, 0.25) is 0 Å². The van der Waals surface area contributed by atoms with Crippen LogP contribution in [0.2, 0.25) is 0 Å². The number of ether oxygens (including phenoxy) is 1. The number of hydrogen-bond donors (Lipinski definition) is 1. The molecule has 3 heteroatoms. The van der Waals surface area contributed by atoms with Gasteiger partial charge in [-0.1, -0.05) is 6.92 Å². The Labute approximate surface area is 72.1 Å². The van der Waals surface area contributed by atoms with Gasteiger partial charge in [-0.2, -0.15) is 11.8 Å². The Morgan fingerprint density at radius 3 is 3.36 bits per heavy atom. The van der Waals surface area contributed by atoms with E-state index in [9.17, 15) is 0 Å². The molecule has 2 saturated heterocycles. The van der Waals surface area contributed by atoms with E-state index in [1.54, 1.807) is 0 Å². The van der Waals surface area contributed by atoms with E-state index in [0.717, 1.165) is 24.5 Å². The third-order valence-electron chi connectivity index (χ3n) is 2.38. The van der Waals surface area contributed by atoms with E-state index in [-0.39, 0.29) is 0 Å². The highest BCUT2D eigenvalue weighted by molar-refractivity contribution is 8.00. The molecule has 2 heterocycles. The Bertz CT molecular complexity index is 142. The maximum atomic E-state index is 5.43. The molecule has 0 aliphatic carbocycles. The van der Waals surface area contributed by atoms with Crippen LogP contribution in [0.3, 0.4) is 0 Å². The summed E-state index contributed by atoms with van der Waals surface area (Å²) in [7, 11) is 0. The van der Waals surface area contributed by atoms with Crippen molar-refractivity contribution in [1.82, 2.24) is 5.32 Å². The standard InChI is InChI=1S/C8H15NOS/c1-6-4-9-7-2-3-10-5-8(7)11-6/h6-9H,2-5H2,1H3. The summed E-state index contributed by atoms with van der Waals surface area (Å²) in [6, 6.07) is 0.727. The van der Waals surface area contributed by atoms with Crippen molar-refractivity contribution < 1.29 is 4.74 Å². The van der Waals surface area contributed by atoms with Crippen molar-refractivity contribution in [2.45, 2.75) is 29.9 Å². The molecule has 11 heavy (non-hydrogen) atoms. The Morgan fingerprint density at radius 1 is 1.55 bits per heavy atom. The molecule has 2 aliphatic rings. The van der Waals surface area contributed by atoms with Crippen molar-refractivity contribution in [2.24, 2.45) is 0 Å². The SMILES string of the molecule is CC1CNC2CCOCC2S1. The second kappa shape index (κ2) is 3.33. The van der Waals surface area contributed by atoms with E-state index in [0.29, 0.717) is 5.25 Å². The summed E-state index contributed by atoms with van der Waals surface area (Å²) in [5.41, 5.74) is 0. The Hall–Kier alpha value is 0.270. The van der Waals surface area contributed by atoms with Crippen LogP contribution in [0, 0.1) is 0 Å². The molecule has 0 radical (unpaired) electrons. The van der Waals surface area contributed by atoms with E-state index in [2.05, 4.69) is 24.0 Å². The second-order valence-electron chi connectivity index (χ2n) is 3.36. The molecule has 2 aliphatic heterocycles. The summed E-state index contributed by atoms with van der Waals surface area (Å²) < 4.78 is 5.43. The number of fused-ring (bicyclic) bond motifs is 1. The molecule has 0 aromatic heterocycles. The summed E-state index contributed by atoms with van der Waals surface area (Å²) in [6.45, 7) is 5.35. The molecule has 2 nitrogen and oxygen atoms in total. The topological polar surface area (TPSA) is 21.3 Å². The largest absolute Gasteiger partial charge is 0.380 e. The zero-order chi connectivity index (χ0) is 7.68. The summed E-state index contributed by atoms with van der Waals surface area (Å²) in [4.78, 5) is 0. The molecule has 2 rings (SSSR count). The zero-order valence-electron chi connectivity index (χ0n) is 6.88. The van der Waals surface area contributed by atoms with Crippen molar-refractivity contribution in [1.29, 1.82) is 0 Å². The van der Waals surface area contributed by atoms with Gasteiger partial charge in [-0.25, -0.2) is 0 Å². The van der Waals surface area contributed by atoms with Gasteiger partial charge < -0.3 is 10.1 Å². The fourth-order valence-electron chi connectivity index (χ4n) is 1.74. The average molecular weight is 173 g/mol. The fourth-order valence-corrected chi connectivity index (χ4v) is 3.13. The molecular formula is C8H15NOS. The quantitative estimate of drug-likeness (QED) is 0.587. The zero-order valence-corrected chi connectivity index (χ0v) is 7.69. The monoisotopic (exact) mass is 173 g/mol. The lowest BCUT2D eigenvalue weighted by Crippen LogP contribution is -2.51. The van der Waals surface area contributed by atoms with Gasteiger partial charge in [0, 0.05) is 29.7 Å². The number of rotatable bonds is 0. The molecule has 0 bridgehead atoms. The van der Waals surface area contributed by atoms with Crippen molar-refractivity contribution in [2.75, 3.05) is 19.8 Å². The molecule has 3 unspecified atom stereocenters. The van der Waals surface area contributed by atoms with E-state index in [1.165, 1.54) is 13.0 Å². The minimum Gasteiger partial charge on any atom is -0.380 e. The second-order valence-corrected chi connectivity index (χ2v) is 5.05. The summed E-state index contributed by atoms with van der Waals surface area (Å²) in [6.07, 6.45) is 1.20. The van der Waals surface area contributed by atoms with Gasteiger partial charge >= 0.3 is 0 Å². The number of hydrogen-bond acceptors (Lipinski definition) is 3. The van der Waals surface area contributed by atoms with Gasteiger partial charge in [-0.05, 0) is 6.42 Å². The van der Waals surface area contributed by atoms with Crippen molar-refractivity contribution in [3.8, 4) is 0 Å². The average Bonchev–Trinajstić information content (AvgIpc) is 2.04. The normalized spacial score (nSPS) is 45.0. The van der Waals surface area contributed by atoms with Crippen molar-refractivity contribution in [3.63, 3.8) is 0 Å². The molecule has 0 amide bonds. The first-order valence-electron chi connectivity index (χ1n) is 4.33. The molecular weight excluding hydrogens is 158 g/mol. The lowest BCUT2D eigenvalue weighted by Gasteiger charge is -2.38. The minimum atomic E-state index is 0.715. The van der Waals surface area contributed by atoms with Gasteiger partial charge in [0.05, 0.1) is 6.61 Å². The lowest BCUT2D eigenvalue weighted by atomic mass is 10.1. The molecule has 0 spiro atoms. The maximum Gasteiger partial charge on any atom is 0.0600 e. The van der Waals surface area contributed by atoms with Crippen LogP contribution < -0.4 is 5.32 Å². The van der Waals surface area contributed by atoms with Crippen LogP contribution in [0.15, 0.2) is 0 Å². The minimum absolute atomic E-state index is 0.715. The highest BCUT2D eigenvalue weighted by Crippen LogP contribution is 2.28. The highest BCUT2D eigenvalue weighted by atomic mass is 32.2. The van der Waals surface area contributed by atoms with Gasteiger partial charge in [-0.3, -0.25) is 0 Å². The van der Waals surface area contributed by atoms with Crippen LogP contribution in [0.5, 0.6) is 0 Å². The van der Waals surface area contributed by atoms with Gasteiger partial charge in [0.1, 0.15) is 0 Å². The van der Waals surface area contributed by atoms with Crippen LogP contribution >= 0.6 is 11.8 Å². The highest BCUT2D eigenvalue weighted by Gasteiger charge is 2.31. The summed E-state index contributed by atoms with van der Waals surface area (Å²) >= 11 is 2.08. The third-order valence-corrected chi connectivity index (χ3v) is 3.82. The van der Waals surface area contributed by atoms with Gasteiger partial charge in [0.25, 0.3) is 0 Å². The maximum absolute atomic E-state index is 5.43. The molecule has 0 aromatic carbocycles. The first-order chi connectivity index (χ1) is 5.36. The fraction of sp³-hybridized carbons (Fsp3) is 1.00. The molecule has 0 aromatic rings. The Balaban J connectivity index is 1.93. The molecule has 64 valence electrons. The number of nitrogens with one attached hydrogen (secondary N) is 1. The molecule has 3 atom stereocenters. The smallest absolute Gasteiger partial charge is 0.0600 e. The van der Waals surface area contributed by atoms with Crippen LogP contribution in [0.1, 0.15) is 13.3 Å². The van der Waals surface area contributed by atoms with Crippen molar-refractivity contribution in [3.05, 3.63) is 0 Å². The van der Waals surface area contributed by atoms with E-state index in [4.69, 9.17) is 4.74 Å². The van der Waals surface area contributed by atoms with E-state index in [1.807, 2.05) is 0 Å². The molecule has 0 saturated carbocycles.